The van der Waals surface area contributed by atoms with E-state index >= 15 is 0 Å². The first-order valence-corrected chi connectivity index (χ1v) is 5.92. The molecule has 1 aromatic rings. The van der Waals surface area contributed by atoms with E-state index in [-0.39, 0.29) is 11.0 Å². The number of hydrogen-bond acceptors (Lipinski definition) is 2. The minimum atomic E-state index is -4.39. The summed E-state index contributed by atoms with van der Waals surface area (Å²) in [4.78, 5) is 0. The van der Waals surface area contributed by atoms with Crippen molar-refractivity contribution in [2.45, 2.75) is 25.6 Å². The van der Waals surface area contributed by atoms with Gasteiger partial charge in [0.05, 0.1) is 11.7 Å². The van der Waals surface area contributed by atoms with Crippen molar-refractivity contribution in [2.24, 2.45) is 0 Å². The van der Waals surface area contributed by atoms with E-state index in [1.54, 1.807) is 6.92 Å². The minimum absolute atomic E-state index is 0.00610. The molecule has 1 rings (SSSR count). The molecule has 1 aromatic carbocycles. The van der Waals surface area contributed by atoms with E-state index in [2.05, 4.69) is 21.2 Å². The first kappa shape index (κ1) is 14.3. The summed E-state index contributed by atoms with van der Waals surface area (Å²) in [5, 5.41) is 12.1. The van der Waals surface area contributed by atoms with Gasteiger partial charge < -0.3 is 10.4 Å². The normalized spacial score (nSPS) is 13.5. The number of aliphatic hydroxyl groups is 1. The van der Waals surface area contributed by atoms with Crippen LogP contribution in [0.5, 0.6) is 0 Å². The standard InChI is InChI=1S/C11H13BrF3NO/c1-2-8(17)6-16-7-3-4-10(12)9(5-7)11(13,14)15/h3-5,8,16-17H,2,6H2,1H3. The van der Waals surface area contributed by atoms with Gasteiger partial charge in [-0.05, 0) is 24.6 Å². The smallest absolute Gasteiger partial charge is 0.391 e. The maximum absolute atomic E-state index is 12.6. The lowest BCUT2D eigenvalue weighted by Crippen LogP contribution is -2.18. The first-order chi connectivity index (χ1) is 7.84. The van der Waals surface area contributed by atoms with Crippen molar-refractivity contribution in [3.8, 4) is 0 Å². The Kier molecular flexibility index (Phi) is 4.82. The van der Waals surface area contributed by atoms with Crippen molar-refractivity contribution in [3.63, 3.8) is 0 Å². The Morgan fingerprint density at radius 3 is 2.59 bits per heavy atom. The van der Waals surface area contributed by atoms with Gasteiger partial charge in [-0.2, -0.15) is 13.2 Å². The summed E-state index contributed by atoms with van der Waals surface area (Å²) >= 11 is 2.86. The molecule has 1 unspecified atom stereocenters. The zero-order chi connectivity index (χ0) is 13.1. The molecule has 0 aliphatic rings. The summed E-state index contributed by atoms with van der Waals surface area (Å²) in [6.45, 7) is 2.03. The fraction of sp³-hybridized carbons (Fsp3) is 0.455. The molecule has 2 nitrogen and oxygen atoms in total. The molecule has 0 aliphatic carbocycles. The van der Waals surface area contributed by atoms with Gasteiger partial charge in [-0.15, -0.1) is 0 Å². The monoisotopic (exact) mass is 311 g/mol. The predicted octanol–water partition coefficient (Wildman–Crippen LogP) is 3.65. The van der Waals surface area contributed by atoms with E-state index in [1.165, 1.54) is 12.1 Å². The molecule has 0 radical (unpaired) electrons. The van der Waals surface area contributed by atoms with E-state index in [4.69, 9.17) is 0 Å². The molecule has 0 aromatic heterocycles. The third kappa shape index (κ3) is 4.20. The maximum atomic E-state index is 12.6. The van der Waals surface area contributed by atoms with Crippen LogP contribution < -0.4 is 5.32 Å². The topological polar surface area (TPSA) is 32.3 Å². The Hall–Kier alpha value is -0.750. The number of rotatable bonds is 4. The Morgan fingerprint density at radius 2 is 2.06 bits per heavy atom. The maximum Gasteiger partial charge on any atom is 0.417 e. The number of nitrogens with one attached hydrogen (secondary N) is 1. The molecule has 1 atom stereocenters. The van der Waals surface area contributed by atoms with Gasteiger partial charge in [0, 0.05) is 16.7 Å². The Morgan fingerprint density at radius 1 is 1.41 bits per heavy atom. The Labute approximate surface area is 106 Å². The van der Waals surface area contributed by atoms with Gasteiger partial charge in [-0.1, -0.05) is 22.9 Å². The molecule has 0 aliphatic heterocycles. The van der Waals surface area contributed by atoms with Crippen LogP contribution in [0.4, 0.5) is 18.9 Å². The third-order valence-corrected chi connectivity index (χ3v) is 2.98. The van der Waals surface area contributed by atoms with E-state index in [1.807, 2.05) is 0 Å². The average molecular weight is 312 g/mol. The van der Waals surface area contributed by atoms with E-state index in [0.29, 0.717) is 12.1 Å². The summed E-state index contributed by atoms with van der Waals surface area (Å²) in [5.41, 5.74) is -0.387. The summed E-state index contributed by atoms with van der Waals surface area (Å²) in [6, 6.07) is 3.89. The largest absolute Gasteiger partial charge is 0.417 e. The second kappa shape index (κ2) is 5.73. The van der Waals surface area contributed by atoms with Gasteiger partial charge >= 0.3 is 6.18 Å². The lowest BCUT2D eigenvalue weighted by molar-refractivity contribution is -0.138. The number of anilines is 1. The second-order valence-electron chi connectivity index (χ2n) is 3.64. The zero-order valence-corrected chi connectivity index (χ0v) is 10.8. The van der Waals surface area contributed by atoms with Crippen LogP contribution in [-0.2, 0) is 6.18 Å². The van der Waals surface area contributed by atoms with E-state index in [0.717, 1.165) is 6.07 Å². The van der Waals surface area contributed by atoms with Crippen molar-refractivity contribution in [3.05, 3.63) is 28.2 Å². The number of halogens is 4. The minimum Gasteiger partial charge on any atom is -0.391 e. The molecule has 0 saturated carbocycles. The molecule has 2 N–H and O–H groups in total. The van der Waals surface area contributed by atoms with Crippen LogP contribution in [0.2, 0.25) is 0 Å². The Balaban J connectivity index is 2.82. The highest BCUT2D eigenvalue weighted by Crippen LogP contribution is 2.36. The van der Waals surface area contributed by atoms with Gasteiger partial charge in [0.1, 0.15) is 0 Å². The quantitative estimate of drug-likeness (QED) is 0.889. The molecule has 0 bridgehead atoms. The molecular weight excluding hydrogens is 299 g/mol. The van der Waals surface area contributed by atoms with Crippen molar-refractivity contribution < 1.29 is 18.3 Å². The zero-order valence-electron chi connectivity index (χ0n) is 9.18. The third-order valence-electron chi connectivity index (χ3n) is 2.28. The fourth-order valence-corrected chi connectivity index (χ4v) is 1.70. The molecule has 6 heteroatoms. The molecule has 0 amide bonds. The van der Waals surface area contributed by atoms with Gasteiger partial charge in [-0.25, -0.2) is 0 Å². The average Bonchev–Trinajstić information content (AvgIpc) is 2.26. The highest BCUT2D eigenvalue weighted by Gasteiger charge is 2.33. The fourth-order valence-electron chi connectivity index (χ4n) is 1.23. The number of aliphatic hydroxyl groups excluding tert-OH is 1. The Bertz CT molecular complexity index is 381. The van der Waals surface area contributed by atoms with Gasteiger partial charge in [0.2, 0.25) is 0 Å². The second-order valence-corrected chi connectivity index (χ2v) is 4.49. The van der Waals surface area contributed by atoms with Crippen LogP contribution in [0.25, 0.3) is 0 Å². The predicted molar refractivity (Wildman–Crippen MR) is 63.9 cm³/mol. The lowest BCUT2D eigenvalue weighted by Gasteiger charge is -2.14. The van der Waals surface area contributed by atoms with Crippen LogP contribution in [-0.4, -0.2) is 17.8 Å². The number of hydrogen-bond donors (Lipinski definition) is 2. The molecule has 0 heterocycles. The first-order valence-electron chi connectivity index (χ1n) is 5.13. The van der Waals surface area contributed by atoms with Crippen LogP contribution in [0.15, 0.2) is 22.7 Å². The highest BCUT2D eigenvalue weighted by molar-refractivity contribution is 9.10. The van der Waals surface area contributed by atoms with Crippen LogP contribution >= 0.6 is 15.9 Å². The highest BCUT2D eigenvalue weighted by atomic mass is 79.9. The van der Waals surface area contributed by atoms with Gasteiger partial charge in [0.15, 0.2) is 0 Å². The summed E-state index contributed by atoms with van der Waals surface area (Å²) in [5.74, 6) is 0. The van der Waals surface area contributed by atoms with E-state index < -0.39 is 17.8 Å². The van der Waals surface area contributed by atoms with Gasteiger partial charge in [0.25, 0.3) is 0 Å². The number of alkyl halides is 3. The van der Waals surface area contributed by atoms with Crippen molar-refractivity contribution in [1.82, 2.24) is 0 Å². The van der Waals surface area contributed by atoms with Gasteiger partial charge in [-0.3, -0.25) is 0 Å². The van der Waals surface area contributed by atoms with Crippen LogP contribution in [0.1, 0.15) is 18.9 Å². The molecule has 0 saturated heterocycles. The molecule has 17 heavy (non-hydrogen) atoms. The summed E-state index contributed by atoms with van der Waals surface area (Å²) in [6.07, 6.45) is -4.40. The van der Waals surface area contributed by atoms with Crippen LogP contribution in [0.3, 0.4) is 0 Å². The van der Waals surface area contributed by atoms with Crippen molar-refractivity contribution in [1.29, 1.82) is 0 Å². The molecule has 0 spiro atoms. The molecular formula is C11H13BrF3NO. The molecule has 96 valence electrons. The lowest BCUT2D eigenvalue weighted by atomic mass is 10.2. The molecule has 0 fully saturated rings. The van der Waals surface area contributed by atoms with E-state index in [9.17, 15) is 18.3 Å². The van der Waals surface area contributed by atoms with Crippen LogP contribution in [0, 0.1) is 0 Å². The SMILES string of the molecule is CCC(O)CNc1ccc(Br)c(C(F)(F)F)c1. The number of benzene rings is 1. The summed E-state index contributed by atoms with van der Waals surface area (Å²) < 4.78 is 37.8. The summed E-state index contributed by atoms with van der Waals surface area (Å²) in [7, 11) is 0. The van der Waals surface area contributed by atoms with Crippen molar-refractivity contribution in [2.75, 3.05) is 11.9 Å². The van der Waals surface area contributed by atoms with Crippen molar-refractivity contribution >= 4 is 21.6 Å².